The summed E-state index contributed by atoms with van der Waals surface area (Å²) in [4.78, 5) is 26.1. The Bertz CT molecular complexity index is 587. The molecular weight excluding hydrogens is 311 g/mol. The predicted molar refractivity (Wildman–Crippen MR) is 83.4 cm³/mol. The van der Waals surface area contributed by atoms with Crippen LogP contribution in [0.4, 0.5) is 0 Å². The van der Waals surface area contributed by atoms with Crippen LogP contribution in [0.2, 0.25) is 10.0 Å². The van der Waals surface area contributed by atoms with Gasteiger partial charge in [0.25, 0.3) is 0 Å². The Kier molecular flexibility index (Phi) is 4.49. The van der Waals surface area contributed by atoms with E-state index in [1.54, 1.807) is 30.9 Å². The fraction of sp³-hybridized carbons (Fsp3) is 0.467. The molecule has 0 saturated carbocycles. The maximum atomic E-state index is 12.6. The Morgan fingerprint density at radius 1 is 1.29 bits per heavy atom. The third kappa shape index (κ3) is 3.33. The first-order valence-electron chi connectivity index (χ1n) is 6.79. The van der Waals surface area contributed by atoms with E-state index in [1.165, 1.54) is 0 Å². The minimum Gasteiger partial charge on any atom is -0.342 e. The number of nitrogens with zero attached hydrogens (tertiary/aromatic N) is 1. The molecule has 1 aliphatic heterocycles. The van der Waals surface area contributed by atoms with Crippen molar-refractivity contribution in [3.05, 3.63) is 33.8 Å². The highest BCUT2D eigenvalue weighted by Crippen LogP contribution is 2.31. The number of carbonyl (C=O) groups excluding carboxylic acids is 2. The van der Waals surface area contributed by atoms with Crippen LogP contribution in [0.5, 0.6) is 0 Å². The molecule has 1 N–H and O–H groups in total. The van der Waals surface area contributed by atoms with Gasteiger partial charge in [-0.25, -0.2) is 0 Å². The Hall–Kier alpha value is -1.26. The average Bonchev–Trinajstić information content (AvgIpc) is 2.46. The van der Waals surface area contributed by atoms with E-state index < -0.39 is 5.54 Å². The molecule has 21 heavy (non-hydrogen) atoms. The van der Waals surface area contributed by atoms with Gasteiger partial charge in [-0.15, -0.1) is 0 Å². The zero-order valence-corrected chi connectivity index (χ0v) is 13.8. The summed E-state index contributed by atoms with van der Waals surface area (Å²) in [5, 5.41) is 3.81. The van der Waals surface area contributed by atoms with E-state index in [1.807, 2.05) is 13.0 Å². The summed E-state index contributed by atoms with van der Waals surface area (Å²) in [6.45, 7) is 5.69. The monoisotopic (exact) mass is 328 g/mol. The van der Waals surface area contributed by atoms with E-state index in [9.17, 15) is 9.59 Å². The first-order chi connectivity index (χ1) is 9.72. The standard InChI is InChI=1S/C15H18Cl2N2O2/c1-9(11-5-4-10(16)8-12(11)17)19-7-6-13(20)18-15(2,3)14(19)21/h4-5,8-9H,6-7H2,1-3H3,(H,18,20). The molecule has 114 valence electrons. The van der Waals surface area contributed by atoms with E-state index in [4.69, 9.17) is 23.2 Å². The molecule has 1 aliphatic rings. The predicted octanol–water partition coefficient (Wildman–Crippen LogP) is 3.18. The van der Waals surface area contributed by atoms with Crippen LogP contribution in [0, 0.1) is 0 Å². The van der Waals surface area contributed by atoms with Crippen molar-refractivity contribution < 1.29 is 9.59 Å². The maximum absolute atomic E-state index is 12.6. The summed E-state index contributed by atoms with van der Waals surface area (Å²) in [5.41, 5.74) is -0.0969. The molecule has 1 aromatic carbocycles. The fourth-order valence-corrected chi connectivity index (χ4v) is 3.09. The zero-order valence-electron chi connectivity index (χ0n) is 12.2. The molecule has 0 aromatic heterocycles. The summed E-state index contributed by atoms with van der Waals surface area (Å²) in [7, 11) is 0. The summed E-state index contributed by atoms with van der Waals surface area (Å²) in [5.74, 6) is -0.239. The Balaban J connectivity index is 2.34. The molecule has 0 bridgehead atoms. The molecular formula is C15H18Cl2N2O2. The number of nitrogens with one attached hydrogen (secondary N) is 1. The van der Waals surface area contributed by atoms with Crippen molar-refractivity contribution >= 4 is 35.0 Å². The molecule has 6 heteroatoms. The second-order valence-corrected chi connectivity index (χ2v) is 6.61. The van der Waals surface area contributed by atoms with Gasteiger partial charge in [-0.05, 0) is 38.5 Å². The molecule has 1 aromatic rings. The van der Waals surface area contributed by atoms with Crippen molar-refractivity contribution in [2.75, 3.05) is 6.54 Å². The highest BCUT2D eigenvalue weighted by molar-refractivity contribution is 6.35. The topological polar surface area (TPSA) is 49.4 Å². The van der Waals surface area contributed by atoms with Crippen LogP contribution in [0.15, 0.2) is 18.2 Å². The molecule has 2 rings (SSSR count). The summed E-state index contributed by atoms with van der Waals surface area (Å²) in [6, 6.07) is 4.99. The largest absolute Gasteiger partial charge is 0.342 e. The van der Waals surface area contributed by atoms with Gasteiger partial charge in [0.05, 0.1) is 6.04 Å². The average molecular weight is 329 g/mol. The Labute approximate surface area is 134 Å². The lowest BCUT2D eigenvalue weighted by atomic mass is 10.0. The van der Waals surface area contributed by atoms with Gasteiger partial charge in [0.2, 0.25) is 11.8 Å². The number of hydrogen-bond donors (Lipinski definition) is 1. The lowest BCUT2D eigenvalue weighted by Gasteiger charge is -2.33. The highest BCUT2D eigenvalue weighted by atomic mass is 35.5. The SMILES string of the molecule is CC(c1ccc(Cl)cc1Cl)N1CCC(=O)NC(C)(C)C1=O. The van der Waals surface area contributed by atoms with E-state index in [0.29, 0.717) is 16.6 Å². The van der Waals surface area contributed by atoms with Crippen molar-refractivity contribution in [2.45, 2.75) is 38.8 Å². The molecule has 4 nitrogen and oxygen atoms in total. The van der Waals surface area contributed by atoms with Crippen LogP contribution in [0.25, 0.3) is 0 Å². The maximum Gasteiger partial charge on any atom is 0.248 e. The van der Waals surface area contributed by atoms with Gasteiger partial charge in [0.15, 0.2) is 0 Å². The third-order valence-electron chi connectivity index (χ3n) is 3.71. The van der Waals surface area contributed by atoms with E-state index in [0.717, 1.165) is 5.56 Å². The van der Waals surface area contributed by atoms with Gasteiger partial charge in [-0.1, -0.05) is 29.3 Å². The first kappa shape index (κ1) is 16.1. The van der Waals surface area contributed by atoms with E-state index in [2.05, 4.69) is 5.32 Å². The van der Waals surface area contributed by atoms with Crippen LogP contribution < -0.4 is 5.32 Å². The molecule has 1 atom stereocenters. The number of halogens is 2. The van der Waals surface area contributed by atoms with Crippen molar-refractivity contribution in [1.29, 1.82) is 0 Å². The quantitative estimate of drug-likeness (QED) is 0.906. The lowest BCUT2D eigenvalue weighted by molar-refractivity contribution is -0.139. The summed E-state index contributed by atoms with van der Waals surface area (Å²) >= 11 is 12.1. The number of carbonyl (C=O) groups is 2. The molecule has 0 aliphatic carbocycles. The summed E-state index contributed by atoms with van der Waals surface area (Å²) < 4.78 is 0. The van der Waals surface area contributed by atoms with Gasteiger partial charge in [-0.3, -0.25) is 9.59 Å². The van der Waals surface area contributed by atoms with Crippen LogP contribution in [-0.4, -0.2) is 28.8 Å². The molecule has 2 amide bonds. The van der Waals surface area contributed by atoms with Crippen molar-refractivity contribution in [3.8, 4) is 0 Å². The van der Waals surface area contributed by atoms with Crippen LogP contribution in [0.1, 0.15) is 38.8 Å². The van der Waals surface area contributed by atoms with Gasteiger partial charge in [-0.2, -0.15) is 0 Å². The first-order valence-corrected chi connectivity index (χ1v) is 7.55. The Morgan fingerprint density at radius 2 is 1.95 bits per heavy atom. The number of rotatable bonds is 2. The highest BCUT2D eigenvalue weighted by Gasteiger charge is 2.38. The van der Waals surface area contributed by atoms with Gasteiger partial charge < -0.3 is 10.2 Å². The van der Waals surface area contributed by atoms with E-state index in [-0.39, 0.29) is 24.3 Å². The van der Waals surface area contributed by atoms with Crippen molar-refractivity contribution in [2.24, 2.45) is 0 Å². The molecule has 0 spiro atoms. The molecule has 1 fully saturated rings. The minimum atomic E-state index is -0.916. The molecule has 1 heterocycles. The normalized spacial score (nSPS) is 20.0. The number of amides is 2. The van der Waals surface area contributed by atoms with Crippen molar-refractivity contribution in [1.82, 2.24) is 10.2 Å². The second kappa shape index (κ2) is 5.85. The zero-order chi connectivity index (χ0) is 15.8. The van der Waals surface area contributed by atoms with Crippen LogP contribution in [-0.2, 0) is 9.59 Å². The number of hydrogen-bond acceptors (Lipinski definition) is 2. The van der Waals surface area contributed by atoms with Gasteiger partial charge in [0, 0.05) is 23.0 Å². The van der Waals surface area contributed by atoms with Gasteiger partial charge in [0.1, 0.15) is 5.54 Å². The molecule has 0 radical (unpaired) electrons. The lowest BCUT2D eigenvalue weighted by Crippen LogP contribution is -2.53. The second-order valence-electron chi connectivity index (χ2n) is 5.76. The number of benzene rings is 1. The smallest absolute Gasteiger partial charge is 0.248 e. The Morgan fingerprint density at radius 3 is 2.57 bits per heavy atom. The van der Waals surface area contributed by atoms with E-state index >= 15 is 0 Å². The molecule has 1 saturated heterocycles. The van der Waals surface area contributed by atoms with Crippen LogP contribution in [0.3, 0.4) is 0 Å². The fourth-order valence-electron chi connectivity index (χ4n) is 2.52. The summed E-state index contributed by atoms with van der Waals surface area (Å²) in [6.07, 6.45) is 0.282. The molecule has 1 unspecified atom stereocenters. The van der Waals surface area contributed by atoms with Crippen molar-refractivity contribution in [3.63, 3.8) is 0 Å². The van der Waals surface area contributed by atoms with Gasteiger partial charge >= 0.3 is 0 Å². The van der Waals surface area contributed by atoms with Crippen LogP contribution >= 0.6 is 23.2 Å². The third-order valence-corrected chi connectivity index (χ3v) is 4.27. The minimum absolute atomic E-state index is 0.119.